The maximum Gasteiger partial charge on any atom is 0.0673 e. The maximum atomic E-state index is 5.74. The fourth-order valence-electron chi connectivity index (χ4n) is 3.53. The average Bonchev–Trinajstić information content (AvgIpc) is 2.80. The van der Waals surface area contributed by atoms with Crippen LogP contribution in [0.1, 0.15) is 46.0 Å². The molecule has 3 heteroatoms. The Morgan fingerprint density at radius 2 is 2.06 bits per heavy atom. The van der Waals surface area contributed by atoms with E-state index in [1.165, 1.54) is 45.2 Å². The lowest BCUT2D eigenvalue weighted by atomic mass is 9.97. The Hall–Kier alpha value is -0.120. The summed E-state index contributed by atoms with van der Waals surface area (Å²) in [7, 11) is 0. The third-order valence-corrected chi connectivity index (χ3v) is 4.43. The lowest BCUT2D eigenvalue weighted by molar-refractivity contribution is 0.0652. The molecule has 2 aliphatic rings. The van der Waals surface area contributed by atoms with Crippen molar-refractivity contribution in [1.29, 1.82) is 0 Å². The number of ether oxygens (including phenoxy) is 1. The molecule has 0 radical (unpaired) electrons. The lowest BCUT2D eigenvalue weighted by Crippen LogP contribution is -2.46. The Bertz CT molecular complexity index is 229. The Kier molecular flexibility index (Phi) is 5.93. The molecule has 0 spiro atoms. The first-order valence-electron chi connectivity index (χ1n) is 7.87. The second kappa shape index (κ2) is 7.46. The first kappa shape index (κ1) is 14.3. The van der Waals surface area contributed by atoms with Crippen molar-refractivity contribution in [3.63, 3.8) is 0 Å². The van der Waals surface area contributed by atoms with Gasteiger partial charge in [-0.05, 0) is 38.6 Å². The standard InChI is InChI=1S/C15H30N2O/c1-3-16-15(14-7-4-5-8-14)12-17-9-6-10-18-13(2)11-17/h13-16H,3-12H2,1-2H3. The molecule has 0 bridgehead atoms. The summed E-state index contributed by atoms with van der Waals surface area (Å²) in [4.78, 5) is 2.61. The maximum absolute atomic E-state index is 5.74. The van der Waals surface area contributed by atoms with Crippen LogP contribution in [0.25, 0.3) is 0 Å². The highest BCUT2D eigenvalue weighted by atomic mass is 16.5. The molecule has 106 valence electrons. The number of rotatable bonds is 5. The molecule has 1 N–H and O–H groups in total. The highest BCUT2D eigenvalue weighted by Crippen LogP contribution is 2.28. The molecule has 1 aliphatic heterocycles. The molecule has 0 aromatic heterocycles. The molecule has 1 saturated heterocycles. The van der Waals surface area contributed by atoms with Gasteiger partial charge in [0.25, 0.3) is 0 Å². The summed E-state index contributed by atoms with van der Waals surface area (Å²) >= 11 is 0. The van der Waals surface area contributed by atoms with Crippen LogP contribution in [-0.4, -0.2) is 49.8 Å². The molecular weight excluding hydrogens is 224 g/mol. The van der Waals surface area contributed by atoms with Crippen LogP contribution in [0, 0.1) is 5.92 Å². The van der Waals surface area contributed by atoms with Crippen LogP contribution in [0.4, 0.5) is 0 Å². The van der Waals surface area contributed by atoms with Gasteiger partial charge >= 0.3 is 0 Å². The van der Waals surface area contributed by atoms with Crippen LogP contribution in [0.15, 0.2) is 0 Å². The fourth-order valence-corrected chi connectivity index (χ4v) is 3.53. The van der Waals surface area contributed by atoms with Crippen LogP contribution >= 0.6 is 0 Å². The van der Waals surface area contributed by atoms with Crippen molar-refractivity contribution >= 4 is 0 Å². The smallest absolute Gasteiger partial charge is 0.0673 e. The normalized spacial score (nSPS) is 29.3. The zero-order valence-corrected chi connectivity index (χ0v) is 12.2. The molecule has 1 saturated carbocycles. The van der Waals surface area contributed by atoms with E-state index in [1.54, 1.807) is 0 Å². The summed E-state index contributed by atoms with van der Waals surface area (Å²) in [5.74, 6) is 0.907. The molecule has 2 fully saturated rings. The van der Waals surface area contributed by atoms with E-state index in [1.807, 2.05) is 0 Å². The van der Waals surface area contributed by atoms with Gasteiger partial charge in [0.05, 0.1) is 6.10 Å². The number of nitrogens with zero attached hydrogens (tertiary/aromatic N) is 1. The van der Waals surface area contributed by atoms with E-state index in [0.717, 1.165) is 25.6 Å². The van der Waals surface area contributed by atoms with Crippen LogP contribution in [0.5, 0.6) is 0 Å². The summed E-state index contributed by atoms with van der Waals surface area (Å²) in [6.45, 7) is 10.0. The summed E-state index contributed by atoms with van der Waals surface area (Å²) < 4.78 is 5.74. The van der Waals surface area contributed by atoms with E-state index in [-0.39, 0.29) is 0 Å². The van der Waals surface area contributed by atoms with Crippen LogP contribution in [-0.2, 0) is 4.74 Å². The number of likely N-dealkylation sites (N-methyl/N-ethyl adjacent to an activating group) is 1. The summed E-state index contributed by atoms with van der Waals surface area (Å²) in [5.41, 5.74) is 0. The molecule has 2 unspecified atom stereocenters. The van der Waals surface area contributed by atoms with Gasteiger partial charge in [-0.25, -0.2) is 0 Å². The molecular formula is C15H30N2O. The number of hydrogen-bond donors (Lipinski definition) is 1. The fraction of sp³-hybridized carbons (Fsp3) is 1.00. The molecule has 0 amide bonds. The third-order valence-electron chi connectivity index (χ3n) is 4.43. The predicted molar refractivity (Wildman–Crippen MR) is 75.9 cm³/mol. The largest absolute Gasteiger partial charge is 0.377 e. The van der Waals surface area contributed by atoms with Crippen molar-refractivity contribution in [2.75, 3.05) is 32.8 Å². The molecule has 2 atom stereocenters. The Morgan fingerprint density at radius 3 is 2.78 bits per heavy atom. The van der Waals surface area contributed by atoms with Crippen molar-refractivity contribution < 1.29 is 4.74 Å². The quantitative estimate of drug-likeness (QED) is 0.814. The molecule has 1 heterocycles. The lowest BCUT2D eigenvalue weighted by Gasteiger charge is -2.31. The predicted octanol–water partition coefficient (Wildman–Crippen LogP) is 2.27. The minimum Gasteiger partial charge on any atom is -0.377 e. The van der Waals surface area contributed by atoms with Crippen molar-refractivity contribution in [3.05, 3.63) is 0 Å². The second-order valence-corrected chi connectivity index (χ2v) is 6.00. The first-order chi connectivity index (χ1) is 8.79. The minimum atomic E-state index is 0.401. The minimum absolute atomic E-state index is 0.401. The Labute approximate surface area is 112 Å². The van der Waals surface area contributed by atoms with Crippen molar-refractivity contribution in [1.82, 2.24) is 10.2 Å². The van der Waals surface area contributed by atoms with Crippen molar-refractivity contribution in [2.24, 2.45) is 5.92 Å². The van der Waals surface area contributed by atoms with Crippen molar-refractivity contribution in [3.8, 4) is 0 Å². The summed E-state index contributed by atoms with van der Waals surface area (Å²) in [6, 6.07) is 0.697. The highest BCUT2D eigenvalue weighted by Gasteiger charge is 2.27. The Morgan fingerprint density at radius 1 is 1.28 bits per heavy atom. The Balaban J connectivity index is 1.85. The van der Waals surface area contributed by atoms with Gasteiger partial charge in [0.2, 0.25) is 0 Å². The molecule has 18 heavy (non-hydrogen) atoms. The SMILES string of the molecule is CCNC(CN1CCCOC(C)C1)C1CCCC1. The average molecular weight is 254 g/mol. The van der Waals surface area contributed by atoms with E-state index in [9.17, 15) is 0 Å². The van der Waals surface area contributed by atoms with E-state index in [2.05, 4.69) is 24.1 Å². The first-order valence-corrected chi connectivity index (χ1v) is 7.87. The highest BCUT2D eigenvalue weighted by molar-refractivity contribution is 4.84. The van der Waals surface area contributed by atoms with E-state index < -0.39 is 0 Å². The monoisotopic (exact) mass is 254 g/mol. The van der Waals surface area contributed by atoms with E-state index in [0.29, 0.717) is 12.1 Å². The number of hydrogen-bond acceptors (Lipinski definition) is 3. The van der Waals surface area contributed by atoms with Gasteiger partial charge in [-0.1, -0.05) is 19.8 Å². The molecule has 1 aliphatic carbocycles. The third kappa shape index (κ3) is 4.22. The van der Waals surface area contributed by atoms with Gasteiger partial charge in [-0.3, -0.25) is 4.90 Å². The van der Waals surface area contributed by atoms with Crippen LogP contribution < -0.4 is 5.32 Å². The van der Waals surface area contributed by atoms with Gasteiger partial charge in [-0.2, -0.15) is 0 Å². The van der Waals surface area contributed by atoms with Crippen molar-refractivity contribution in [2.45, 2.75) is 58.1 Å². The van der Waals surface area contributed by atoms with Gasteiger partial charge in [0.1, 0.15) is 0 Å². The van der Waals surface area contributed by atoms with E-state index >= 15 is 0 Å². The summed E-state index contributed by atoms with van der Waals surface area (Å²) in [6.07, 6.45) is 7.32. The van der Waals surface area contributed by atoms with Gasteiger partial charge in [0.15, 0.2) is 0 Å². The molecule has 0 aromatic rings. The molecule has 2 rings (SSSR count). The number of nitrogens with one attached hydrogen (secondary N) is 1. The zero-order valence-electron chi connectivity index (χ0n) is 12.2. The van der Waals surface area contributed by atoms with E-state index in [4.69, 9.17) is 4.74 Å². The summed E-state index contributed by atoms with van der Waals surface area (Å²) in [5, 5.41) is 3.72. The van der Waals surface area contributed by atoms with Gasteiger partial charge in [-0.15, -0.1) is 0 Å². The van der Waals surface area contributed by atoms with Crippen LogP contribution in [0.3, 0.4) is 0 Å². The second-order valence-electron chi connectivity index (χ2n) is 6.00. The topological polar surface area (TPSA) is 24.5 Å². The molecule has 0 aromatic carbocycles. The zero-order chi connectivity index (χ0) is 12.8. The van der Waals surface area contributed by atoms with Gasteiger partial charge in [0, 0.05) is 32.3 Å². The molecule has 3 nitrogen and oxygen atoms in total. The van der Waals surface area contributed by atoms with Gasteiger partial charge < -0.3 is 10.1 Å². The van der Waals surface area contributed by atoms with Crippen LogP contribution in [0.2, 0.25) is 0 Å².